The van der Waals surface area contributed by atoms with Gasteiger partial charge in [-0.05, 0) is 35.2 Å². The number of alkyl halides is 1. The Labute approximate surface area is 180 Å². The predicted molar refractivity (Wildman–Crippen MR) is 118 cm³/mol. The minimum atomic E-state index is -2.04. The molecular weight excluding hydrogens is 399 g/mol. The van der Waals surface area contributed by atoms with Crippen LogP contribution in [0.3, 0.4) is 0 Å². The van der Waals surface area contributed by atoms with Crippen molar-refractivity contribution in [3.8, 4) is 0 Å². The van der Waals surface area contributed by atoms with E-state index < -0.39 is 32.7 Å². The molecule has 1 aliphatic heterocycles. The van der Waals surface area contributed by atoms with Crippen molar-refractivity contribution >= 4 is 19.4 Å². The molecule has 0 aromatic heterocycles. The van der Waals surface area contributed by atoms with Gasteiger partial charge in [0.05, 0.1) is 6.61 Å². The lowest BCUT2D eigenvalue weighted by Gasteiger charge is -2.32. The predicted octanol–water partition coefficient (Wildman–Crippen LogP) is 2.96. The molecule has 3 rings (SSSR count). The Morgan fingerprint density at radius 2 is 1.60 bits per heavy atom. The second kappa shape index (κ2) is 8.52. The molecule has 0 aliphatic carbocycles. The lowest BCUT2D eigenvalue weighted by molar-refractivity contribution is -0.165. The van der Waals surface area contributed by atoms with Gasteiger partial charge in [-0.3, -0.25) is 0 Å². The Kier molecular flexibility index (Phi) is 6.56. The molecule has 2 aromatic rings. The summed E-state index contributed by atoms with van der Waals surface area (Å²) >= 11 is 0. The Hall–Kier alpha value is -1.57. The maximum absolute atomic E-state index is 15.1. The van der Waals surface area contributed by atoms with Crippen LogP contribution in [0.1, 0.15) is 40.2 Å². The highest BCUT2D eigenvalue weighted by Gasteiger charge is 2.62. The molecule has 4 nitrogen and oxygen atoms in total. The topological polar surface area (TPSA) is 47.9 Å². The lowest BCUT2D eigenvalue weighted by Crippen LogP contribution is -2.54. The third-order valence-corrected chi connectivity index (χ3v) is 8.16. The molecule has 30 heavy (non-hydrogen) atoms. The number of hydrogen-bond donors (Lipinski definition) is 1. The fourth-order valence-corrected chi connectivity index (χ4v) is 5.59. The second-order valence-electron chi connectivity index (χ2n) is 9.25. The van der Waals surface area contributed by atoms with Crippen molar-refractivity contribution in [1.29, 1.82) is 0 Å². The highest BCUT2D eigenvalue weighted by atomic mass is 28.3. The minimum Gasteiger partial charge on any atom is -0.405 e. The van der Waals surface area contributed by atoms with Crippen LogP contribution in [0.5, 0.6) is 0 Å². The Morgan fingerprint density at radius 3 is 2.10 bits per heavy atom. The molecule has 163 valence electrons. The molecule has 1 N–H and O–H groups in total. The summed E-state index contributed by atoms with van der Waals surface area (Å²) in [5, 5.41) is 13.0. The first-order valence-corrected chi connectivity index (χ1v) is 11.6. The molecule has 1 fully saturated rings. The van der Waals surface area contributed by atoms with E-state index in [2.05, 4.69) is 45.0 Å². The zero-order chi connectivity index (χ0) is 22.2. The minimum absolute atomic E-state index is 0.0656. The van der Waals surface area contributed by atoms with E-state index in [4.69, 9.17) is 13.9 Å². The fourth-order valence-electron chi connectivity index (χ4n) is 3.64. The van der Waals surface area contributed by atoms with E-state index in [1.54, 1.807) is 0 Å². The monoisotopic (exact) mass is 431 g/mol. The summed E-state index contributed by atoms with van der Waals surface area (Å²) in [5.74, 6) is 0. The van der Waals surface area contributed by atoms with Crippen LogP contribution in [0.15, 0.2) is 54.6 Å². The number of benzene rings is 2. The largest absolute Gasteiger partial charge is 0.405 e. The molecule has 0 amide bonds. The van der Waals surface area contributed by atoms with Gasteiger partial charge in [-0.2, -0.15) is 0 Å². The first-order valence-electron chi connectivity index (χ1n) is 10.2. The number of hydrogen-bond acceptors (Lipinski definition) is 4. The maximum Gasteiger partial charge on any atom is 0.283 e. The van der Waals surface area contributed by atoms with Gasteiger partial charge in [-0.15, -0.1) is 0 Å². The van der Waals surface area contributed by atoms with E-state index >= 15 is 4.39 Å². The van der Waals surface area contributed by atoms with Crippen molar-refractivity contribution in [3.63, 3.8) is 0 Å². The van der Waals surface area contributed by atoms with Gasteiger partial charge in [0.2, 0.25) is 0 Å². The van der Waals surface area contributed by atoms with E-state index in [0.717, 1.165) is 10.4 Å². The van der Waals surface area contributed by atoms with E-state index in [0.29, 0.717) is 0 Å². The Morgan fingerprint density at radius 1 is 1.03 bits per heavy atom. The third kappa shape index (κ3) is 4.38. The van der Waals surface area contributed by atoms with Gasteiger partial charge in [0.1, 0.15) is 11.7 Å². The van der Waals surface area contributed by atoms with Gasteiger partial charge in [-0.1, -0.05) is 75.4 Å². The van der Waals surface area contributed by atoms with Crippen LogP contribution in [0.25, 0.3) is 0 Å². The zero-order valence-electron chi connectivity index (χ0n) is 18.6. The molecule has 0 bridgehead atoms. The van der Waals surface area contributed by atoms with Crippen LogP contribution >= 0.6 is 0 Å². The average Bonchev–Trinajstić information content (AvgIpc) is 2.87. The van der Waals surface area contributed by atoms with Crippen molar-refractivity contribution in [2.24, 2.45) is 0 Å². The summed E-state index contributed by atoms with van der Waals surface area (Å²) in [6, 6.07) is 18.5. The van der Waals surface area contributed by atoms with Gasteiger partial charge in [0.15, 0.2) is 12.0 Å². The van der Waals surface area contributed by atoms with Crippen LogP contribution in [-0.4, -0.2) is 51.5 Å². The smallest absolute Gasteiger partial charge is 0.283 e. The van der Waals surface area contributed by atoms with E-state index in [-0.39, 0.29) is 12.0 Å². The number of aliphatic hydroxyl groups is 1. The molecule has 1 heterocycles. The standard InChI is InChI=1S/C24H32FO4Si/c1-22(2,3)17-12-14-19(15-13-17)30(18-10-8-7-9-11-18)28-16-20-24(5,26)23(4,25)21(27-6)29-20/h7-15,20-21,26H,16H2,1-6H3/t20-,21-,23+,24-/m1/s1. The number of methoxy groups -OCH3 is 1. The van der Waals surface area contributed by atoms with Crippen molar-refractivity contribution < 1.29 is 23.4 Å². The SMILES string of the molecule is CO[C@@H]1O[C@H](CO[Si](c2ccccc2)c2ccc(C(C)(C)C)cc2)[C@@](C)(O)[C@@]1(C)F. The van der Waals surface area contributed by atoms with Gasteiger partial charge < -0.3 is 19.0 Å². The highest BCUT2D eigenvalue weighted by molar-refractivity contribution is 6.80. The molecular formula is C24H32FO4Si. The second-order valence-corrected chi connectivity index (χ2v) is 11.4. The average molecular weight is 432 g/mol. The first kappa shape index (κ1) is 23.1. The van der Waals surface area contributed by atoms with Gasteiger partial charge >= 0.3 is 0 Å². The van der Waals surface area contributed by atoms with Crippen molar-refractivity contribution in [2.75, 3.05) is 13.7 Å². The molecule has 6 heteroatoms. The molecule has 1 saturated heterocycles. The van der Waals surface area contributed by atoms with Crippen molar-refractivity contribution in [3.05, 3.63) is 60.2 Å². The number of halogens is 1. The fraction of sp³-hybridized carbons (Fsp3) is 0.500. The van der Waals surface area contributed by atoms with Gasteiger partial charge in [0.25, 0.3) is 9.04 Å². The first-order chi connectivity index (χ1) is 14.0. The van der Waals surface area contributed by atoms with E-state index in [1.807, 2.05) is 30.3 Å². The van der Waals surface area contributed by atoms with Crippen LogP contribution in [0.2, 0.25) is 0 Å². The van der Waals surface area contributed by atoms with Crippen LogP contribution in [0.4, 0.5) is 4.39 Å². The third-order valence-electron chi connectivity index (χ3n) is 5.99. The summed E-state index contributed by atoms with van der Waals surface area (Å²) < 4.78 is 32.2. The van der Waals surface area contributed by atoms with E-state index in [9.17, 15) is 5.11 Å². The molecule has 1 radical (unpaired) electrons. The van der Waals surface area contributed by atoms with E-state index in [1.165, 1.54) is 26.5 Å². The molecule has 1 aliphatic rings. The molecule has 2 aromatic carbocycles. The van der Waals surface area contributed by atoms with Crippen LogP contribution < -0.4 is 10.4 Å². The van der Waals surface area contributed by atoms with Crippen molar-refractivity contribution in [2.45, 2.75) is 63.7 Å². The molecule has 0 saturated carbocycles. The summed E-state index contributed by atoms with van der Waals surface area (Å²) in [4.78, 5) is 0. The Balaban J connectivity index is 1.85. The Bertz CT molecular complexity index is 831. The maximum atomic E-state index is 15.1. The molecule has 0 unspecified atom stereocenters. The quantitative estimate of drug-likeness (QED) is 0.715. The molecule has 0 spiro atoms. The summed E-state index contributed by atoms with van der Waals surface area (Å²) in [5.41, 5.74) is -2.45. The van der Waals surface area contributed by atoms with Crippen LogP contribution in [-0.2, 0) is 19.3 Å². The number of rotatable bonds is 6. The molecule has 4 atom stereocenters. The lowest BCUT2D eigenvalue weighted by atomic mass is 9.85. The van der Waals surface area contributed by atoms with Gasteiger partial charge in [0, 0.05) is 7.11 Å². The number of ether oxygens (including phenoxy) is 2. The summed E-state index contributed by atoms with van der Waals surface area (Å²) in [7, 11) is -0.240. The summed E-state index contributed by atoms with van der Waals surface area (Å²) in [6.07, 6.45) is -1.98. The normalized spacial score (nSPS) is 29.5. The highest BCUT2D eigenvalue weighted by Crippen LogP contribution is 2.43. The zero-order valence-corrected chi connectivity index (χ0v) is 19.6. The van der Waals surface area contributed by atoms with Gasteiger partial charge in [-0.25, -0.2) is 4.39 Å². The van der Waals surface area contributed by atoms with Crippen molar-refractivity contribution in [1.82, 2.24) is 0 Å². The summed E-state index contributed by atoms with van der Waals surface area (Å²) in [6.45, 7) is 9.35. The van der Waals surface area contributed by atoms with Crippen LogP contribution in [0, 0.1) is 0 Å².